The number of carboxylic acid groups (broad SMARTS) is 1. The first kappa shape index (κ1) is 30.0. The van der Waals surface area contributed by atoms with Gasteiger partial charge in [-0.25, -0.2) is 27.2 Å². The molecule has 1 heterocycles. The Hall–Kier alpha value is -4.55. The molecule has 13 heteroatoms. The zero-order valence-electron chi connectivity index (χ0n) is 22.1. The van der Waals surface area contributed by atoms with Gasteiger partial charge < -0.3 is 25.6 Å². The minimum absolute atomic E-state index is 0.0240. The fourth-order valence-electron chi connectivity index (χ4n) is 3.71. The number of methoxy groups -OCH3 is 1. The molecule has 3 rings (SSSR count). The number of ether oxygens (including phenoxy) is 2. The van der Waals surface area contributed by atoms with Gasteiger partial charge in [0, 0.05) is 29.9 Å². The Morgan fingerprint density at radius 1 is 1.02 bits per heavy atom. The molecule has 4 N–H and O–H groups in total. The number of nitrogens with zero attached hydrogens (tertiary/aromatic N) is 2. The van der Waals surface area contributed by atoms with Crippen LogP contribution in [0.3, 0.4) is 0 Å². The van der Waals surface area contributed by atoms with E-state index in [1.165, 1.54) is 19.2 Å². The molecule has 2 aromatic carbocycles. The number of carbonyl (C=O) groups is 2. The van der Waals surface area contributed by atoms with Gasteiger partial charge in [-0.15, -0.1) is 0 Å². The lowest BCUT2D eigenvalue weighted by Crippen LogP contribution is -2.38. The van der Waals surface area contributed by atoms with E-state index in [1.807, 2.05) is 0 Å². The maximum absolute atomic E-state index is 14.9. The van der Waals surface area contributed by atoms with Crippen molar-refractivity contribution in [3.05, 3.63) is 70.8 Å². The van der Waals surface area contributed by atoms with Crippen LogP contribution in [0.4, 0.5) is 45.2 Å². The van der Waals surface area contributed by atoms with Gasteiger partial charge >= 0.3 is 12.1 Å². The van der Waals surface area contributed by atoms with Crippen LogP contribution >= 0.6 is 0 Å². The number of nitrogens with two attached hydrogens (primary N) is 1. The number of anilines is 4. The van der Waals surface area contributed by atoms with Gasteiger partial charge in [-0.05, 0) is 57.9 Å². The van der Waals surface area contributed by atoms with Gasteiger partial charge in [-0.2, -0.15) is 4.98 Å². The third kappa shape index (κ3) is 7.10. The molecule has 0 unspecified atom stereocenters. The first-order chi connectivity index (χ1) is 18.7. The number of hydrogen-bond donors (Lipinski definition) is 3. The van der Waals surface area contributed by atoms with Crippen molar-refractivity contribution in [1.82, 2.24) is 4.98 Å². The molecule has 0 atom stereocenters. The van der Waals surface area contributed by atoms with E-state index in [1.54, 1.807) is 20.8 Å². The van der Waals surface area contributed by atoms with Crippen LogP contribution in [-0.2, 0) is 11.2 Å². The van der Waals surface area contributed by atoms with Crippen molar-refractivity contribution >= 4 is 34.9 Å². The average Bonchev–Trinajstić information content (AvgIpc) is 2.87. The molecule has 1 amide bonds. The highest BCUT2D eigenvalue weighted by Crippen LogP contribution is 2.31. The van der Waals surface area contributed by atoms with Gasteiger partial charge in [-0.1, -0.05) is 0 Å². The number of pyridine rings is 1. The minimum Gasteiger partial charge on any atom is -0.481 e. The Bertz CT molecular complexity index is 1430. The summed E-state index contributed by atoms with van der Waals surface area (Å²) in [6, 6.07) is 5.99. The lowest BCUT2D eigenvalue weighted by atomic mass is 10.0. The van der Waals surface area contributed by atoms with Crippen molar-refractivity contribution in [2.45, 2.75) is 39.2 Å². The predicted octanol–water partition coefficient (Wildman–Crippen LogP) is 6.04. The maximum atomic E-state index is 14.9. The normalized spacial score (nSPS) is 11.2. The number of rotatable bonds is 9. The molecule has 0 saturated heterocycles. The summed E-state index contributed by atoms with van der Waals surface area (Å²) in [5.41, 5.74) is 4.00. The molecule has 0 bridgehead atoms. The fourth-order valence-corrected chi connectivity index (χ4v) is 3.71. The molecule has 0 aliphatic carbocycles. The zero-order chi connectivity index (χ0) is 29.8. The number of nitrogen functional groups attached to an aromatic ring is 1. The largest absolute Gasteiger partial charge is 0.481 e. The monoisotopic (exact) mass is 564 g/mol. The second kappa shape index (κ2) is 12.1. The average molecular weight is 565 g/mol. The molecule has 1 aromatic heterocycles. The van der Waals surface area contributed by atoms with Crippen molar-refractivity contribution in [3.63, 3.8) is 0 Å². The number of carbonyl (C=O) groups excluding carboxylic acids is 1. The molecule has 40 heavy (non-hydrogen) atoms. The van der Waals surface area contributed by atoms with E-state index in [0.29, 0.717) is 12.1 Å². The topological polar surface area (TPSA) is 127 Å². The molecule has 0 fully saturated rings. The Morgan fingerprint density at radius 3 is 2.33 bits per heavy atom. The highest BCUT2D eigenvalue weighted by Gasteiger charge is 2.27. The number of hydrogen-bond acceptors (Lipinski definition) is 7. The van der Waals surface area contributed by atoms with Crippen LogP contribution in [-0.4, -0.2) is 41.4 Å². The lowest BCUT2D eigenvalue weighted by molar-refractivity contribution is 0.0578. The number of carboxylic acids is 1. The number of nitrogens with one attached hydrogen (secondary N) is 1. The van der Waals surface area contributed by atoms with Crippen LogP contribution in [0.5, 0.6) is 5.88 Å². The van der Waals surface area contributed by atoms with Crippen LogP contribution in [0.2, 0.25) is 0 Å². The van der Waals surface area contributed by atoms with Crippen molar-refractivity contribution in [2.24, 2.45) is 0 Å². The van der Waals surface area contributed by atoms with E-state index >= 15 is 0 Å². The van der Waals surface area contributed by atoms with E-state index in [4.69, 9.17) is 15.2 Å². The third-order valence-corrected chi connectivity index (χ3v) is 5.52. The van der Waals surface area contributed by atoms with E-state index in [2.05, 4.69) is 10.3 Å². The highest BCUT2D eigenvalue weighted by molar-refractivity contribution is 5.95. The van der Waals surface area contributed by atoms with Gasteiger partial charge in [0.1, 0.15) is 5.60 Å². The van der Waals surface area contributed by atoms with Crippen LogP contribution < -0.4 is 20.7 Å². The molecule has 0 aliphatic heterocycles. The minimum atomic E-state index is -1.57. The van der Waals surface area contributed by atoms with Crippen LogP contribution in [0.15, 0.2) is 36.4 Å². The summed E-state index contributed by atoms with van der Waals surface area (Å²) in [7, 11) is 1.38. The first-order valence-electron chi connectivity index (χ1n) is 12.0. The highest BCUT2D eigenvalue weighted by atomic mass is 19.2. The van der Waals surface area contributed by atoms with E-state index in [-0.39, 0.29) is 53.7 Å². The molecule has 214 valence electrons. The lowest BCUT2D eigenvalue weighted by Gasteiger charge is -2.27. The molecule has 0 aliphatic rings. The van der Waals surface area contributed by atoms with E-state index in [9.17, 15) is 32.3 Å². The summed E-state index contributed by atoms with van der Waals surface area (Å²) in [5, 5.41) is 12.0. The summed E-state index contributed by atoms with van der Waals surface area (Å²) < 4.78 is 67.2. The predicted molar refractivity (Wildman–Crippen MR) is 140 cm³/mol. The van der Waals surface area contributed by atoms with Gasteiger partial charge in [0.05, 0.1) is 24.0 Å². The summed E-state index contributed by atoms with van der Waals surface area (Å²) >= 11 is 0. The second-order valence-corrected chi connectivity index (χ2v) is 9.63. The van der Waals surface area contributed by atoms with Gasteiger partial charge in [0.25, 0.3) is 0 Å². The van der Waals surface area contributed by atoms with Crippen molar-refractivity contribution in [2.75, 3.05) is 29.6 Å². The quantitative estimate of drug-likeness (QED) is 0.268. The molecule has 0 spiro atoms. The summed E-state index contributed by atoms with van der Waals surface area (Å²) in [6.07, 6.45) is -0.955. The van der Waals surface area contributed by atoms with Crippen molar-refractivity contribution < 1.29 is 41.7 Å². The fraction of sp³-hybridized carbons (Fsp3) is 0.296. The van der Waals surface area contributed by atoms with Crippen molar-refractivity contribution in [1.29, 1.82) is 0 Å². The SMILES string of the molecule is COc1ccc(N)c(N(CCCc2c(Nc3cc(F)c(F)cc3C(=O)O)ccc(F)c2F)C(=O)OC(C)(C)C)n1. The van der Waals surface area contributed by atoms with Crippen LogP contribution in [0.1, 0.15) is 43.1 Å². The molecular formula is C27H28F4N4O5. The Balaban J connectivity index is 1.94. The number of benzene rings is 2. The number of aromatic nitrogens is 1. The maximum Gasteiger partial charge on any atom is 0.416 e. The molecule has 0 saturated carbocycles. The zero-order valence-corrected chi connectivity index (χ0v) is 22.1. The molecule has 9 nitrogen and oxygen atoms in total. The molecule has 0 radical (unpaired) electrons. The Labute approximate surface area is 227 Å². The first-order valence-corrected chi connectivity index (χ1v) is 12.0. The summed E-state index contributed by atoms with van der Waals surface area (Å²) in [4.78, 5) is 30.0. The van der Waals surface area contributed by atoms with Gasteiger partial charge in [-0.3, -0.25) is 4.90 Å². The summed E-state index contributed by atoms with van der Waals surface area (Å²) in [6.45, 7) is 4.87. The van der Waals surface area contributed by atoms with Crippen LogP contribution in [0.25, 0.3) is 0 Å². The summed E-state index contributed by atoms with van der Waals surface area (Å²) in [5.74, 6) is -6.53. The molecular weight excluding hydrogens is 536 g/mol. The number of aromatic carboxylic acids is 1. The third-order valence-electron chi connectivity index (χ3n) is 5.52. The van der Waals surface area contributed by atoms with E-state index in [0.717, 1.165) is 17.0 Å². The van der Waals surface area contributed by atoms with Gasteiger partial charge in [0.15, 0.2) is 29.1 Å². The molecule has 3 aromatic rings. The van der Waals surface area contributed by atoms with E-state index < -0.39 is 46.5 Å². The number of halogens is 4. The van der Waals surface area contributed by atoms with Crippen molar-refractivity contribution in [3.8, 4) is 5.88 Å². The van der Waals surface area contributed by atoms with Crippen LogP contribution in [0, 0.1) is 23.3 Å². The van der Waals surface area contributed by atoms with Gasteiger partial charge in [0.2, 0.25) is 5.88 Å². The number of amides is 1. The Kier molecular flexibility index (Phi) is 9.07. The smallest absolute Gasteiger partial charge is 0.416 e. The Morgan fingerprint density at radius 2 is 1.70 bits per heavy atom. The standard InChI is InChI=1S/C27H28F4N4O5/c1-27(2,3)40-26(38)35(24-19(32)8-10-22(34-24)39-4)11-5-6-14-20(9-7-16(28)23(14)31)33-21-13-18(30)17(29)12-15(21)25(36)37/h7-10,12-13,33H,5-6,11,32H2,1-4H3,(H,36,37). The second-order valence-electron chi connectivity index (χ2n) is 9.63.